The van der Waals surface area contributed by atoms with Crippen LogP contribution in [0.3, 0.4) is 0 Å². The van der Waals surface area contributed by atoms with Gasteiger partial charge in [0.05, 0.1) is 10.2 Å². The summed E-state index contributed by atoms with van der Waals surface area (Å²) in [5.41, 5.74) is 2.66. The average molecular weight is 353 g/mol. The van der Waals surface area contributed by atoms with Crippen LogP contribution in [0.1, 0.15) is 31.7 Å². The normalized spacial score (nSPS) is 11.9. The molecule has 1 unspecified atom stereocenters. The first-order valence-electron chi connectivity index (χ1n) is 8.04. The Morgan fingerprint density at radius 1 is 1.12 bits per heavy atom. The summed E-state index contributed by atoms with van der Waals surface area (Å²) in [5.74, 6) is -0.0354. The van der Waals surface area contributed by atoms with Gasteiger partial charge in [-0.1, -0.05) is 48.6 Å². The van der Waals surface area contributed by atoms with Crippen molar-refractivity contribution in [2.45, 2.75) is 26.2 Å². The number of carbonyl (C=O) groups excluding carboxylic acids is 2. The number of carbonyl (C=O) groups is 2. The zero-order valence-corrected chi connectivity index (χ0v) is 14.9. The van der Waals surface area contributed by atoms with Crippen molar-refractivity contribution in [3.63, 3.8) is 0 Å². The van der Waals surface area contributed by atoms with E-state index in [0.717, 1.165) is 21.5 Å². The molecule has 1 atom stereocenters. The number of aromatic nitrogens is 1. The summed E-state index contributed by atoms with van der Waals surface area (Å²) in [7, 11) is 0. The lowest BCUT2D eigenvalue weighted by Crippen LogP contribution is -2.14. The van der Waals surface area contributed by atoms with Crippen LogP contribution in [0.2, 0.25) is 0 Å². The van der Waals surface area contributed by atoms with Gasteiger partial charge in [-0.25, -0.2) is 4.98 Å². The van der Waals surface area contributed by atoms with Gasteiger partial charge in [0.1, 0.15) is 0 Å². The molecule has 3 aromatic rings. The van der Waals surface area contributed by atoms with Crippen LogP contribution in [0.25, 0.3) is 10.2 Å². The van der Waals surface area contributed by atoms with Gasteiger partial charge in [0.15, 0.2) is 5.13 Å². The van der Waals surface area contributed by atoms with Crippen LogP contribution in [-0.4, -0.2) is 16.8 Å². The molecule has 2 aromatic carbocycles. The number of anilines is 2. The minimum absolute atomic E-state index is 0.0579. The summed E-state index contributed by atoms with van der Waals surface area (Å²) in [6, 6.07) is 15.5. The highest BCUT2D eigenvalue weighted by Gasteiger charge is 2.13. The zero-order chi connectivity index (χ0) is 17.8. The fourth-order valence-electron chi connectivity index (χ4n) is 2.61. The Morgan fingerprint density at radius 3 is 2.60 bits per heavy atom. The van der Waals surface area contributed by atoms with E-state index in [1.165, 1.54) is 18.3 Å². The molecule has 5 nitrogen and oxygen atoms in total. The van der Waals surface area contributed by atoms with Crippen molar-refractivity contribution in [1.29, 1.82) is 0 Å². The number of nitrogens with one attached hydrogen (secondary N) is 2. The highest BCUT2D eigenvalue weighted by Crippen LogP contribution is 2.29. The van der Waals surface area contributed by atoms with Gasteiger partial charge in [0, 0.05) is 19.0 Å². The number of nitrogens with zero attached hydrogens (tertiary/aromatic N) is 1. The van der Waals surface area contributed by atoms with E-state index in [9.17, 15) is 9.59 Å². The molecule has 0 bridgehead atoms. The summed E-state index contributed by atoms with van der Waals surface area (Å²) in [6.45, 7) is 3.50. The van der Waals surface area contributed by atoms with E-state index in [1.807, 2.05) is 49.4 Å². The highest BCUT2D eigenvalue weighted by molar-refractivity contribution is 7.22. The minimum Gasteiger partial charge on any atom is -0.326 e. The summed E-state index contributed by atoms with van der Waals surface area (Å²) in [4.78, 5) is 27.9. The molecule has 6 heteroatoms. The minimum atomic E-state index is -0.118. The number of benzene rings is 2. The fraction of sp³-hybridized carbons (Fsp3) is 0.211. The second-order valence-electron chi connectivity index (χ2n) is 5.95. The number of hydrogen-bond donors (Lipinski definition) is 2. The van der Waals surface area contributed by atoms with E-state index in [1.54, 1.807) is 6.07 Å². The molecule has 1 aromatic heterocycles. The molecule has 0 aliphatic heterocycles. The van der Waals surface area contributed by atoms with Crippen LogP contribution in [-0.2, 0) is 9.59 Å². The van der Waals surface area contributed by atoms with E-state index >= 15 is 0 Å². The lowest BCUT2D eigenvalue weighted by Gasteiger charge is -2.10. The maximum absolute atomic E-state index is 12.3. The SMILES string of the molecule is CC(=O)Nc1ccc2nc(NC(=O)CC(C)c3ccccc3)sc2c1. The lowest BCUT2D eigenvalue weighted by molar-refractivity contribution is -0.116. The van der Waals surface area contributed by atoms with Gasteiger partial charge in [-0.3, -0.25) is 9.59 Å². The fourth-order valence-corrected chi connectivity index (χ4v) is 3.53. The van der Waals surface area contributed by atoms with Crippen molar-refractivity contribution in [2.75, 3.05) is 10.6 Å². The first-order valence-corrected chi connectivity index (χ1v) is 8.86. The van der Waals surface area contributed by atoms with Crippen molar-refractivity contribution in [1.82, 2.24) is 4.98 Å². The van der Waals surface area contributed by atoms with Crippen molar-refractivity contribution < 1.29 is 9.59 Å². The summed E-state index contributed by atoms with van der Waals surface area (Å²) in [5, 5.41) is 6.19. The first-order chi connectivity index (χ1) is 12.0. The standard InChI is InChI=1S/C19H19N3O2S/c1-12(14-6-4-3-5-7-14)10-18(24)22-19-21-16-9-8-15(20-13(2)23)11-17(16)25-19/h3-9,11-12H,10H2,1-2H3,(H,20,23)(H,21,22,24). The second kappa shape index (κ2) is 7.44. The van der Waals surface area contributed by atoms with E-state index in [2.05, 4.69) is 15.6 Å². The van der Waals surface area contributed by atoms with Crippen LogP contribution in [0, 0.1) is 0 Å². The number of thiazole rings is 1. The van der Waals surface area contributed by atoms with Crippen LogP contribution >= 0.6 is 11.3 Å². The third kappa shape index (κ3) is 4.42. The van der Waals surface area contributed by atoms with E-state index in [-0.39, 0.29) is 17.7 Å². The molecule has 0 spiro atoms. The summed E-state index contributed by atoms with van der Waals surface area (Å²) in [6.07, 6.45) is 0.400. The van der Waals surface area contributed by atoms with Gasteiger partial charge in [-0.2, -0.15) is 0 Å². The second-order valence-corrected chi connectivity index (χ2v) is 6.98. The maximum atomic E-state index is 12.3. The molecule has 25 heavy (non-hydrogen) atoms. The van der Waals surface area contributed by atoms with Crippen LogP contribution in [0.5, 0.6) is 0 Å². The molecule has 0 fully saturated rings. The molecule has 2 N–H and O–H groups in total. The Morgan fingerprint density at radius 2 is 1.88 bits per heavy atom. The molecule has 0 aliphatic carbocycles. The molecule has 128 valence electrons. The molecule has 0 aliphatic rings. The Kier molecular flexibility index (Phi) is 5.09. The molecular formula is C19H19N3O2S. The number of amides is 2. The van der Waals surface area contributed by atoms with Gasteiger partial charge in [0.2, 0.25) is 11.8 Å². The van der Waals surface area contributed by atoms with Crippen LogP contribution < -0.4 is 10.6 Å². The Bertz CT molecular complexity index is 905. The van der Waals surface area contributed by atoms with Crippen molar-refractivity contribution >= 4 is 44.2 Å². The quantitative estimate of drug-likeness (QED) is 0.715. The van der Waals surface area contributed by atoms with E-state index in [4.69, 9.17) is 0 Å². The van der Waals surface area contributed by atoms with Gasteiger partial charge in [-0.05, 0) is 29.7 Å². The van der Waals surface area contributed by atoms with Gasteiger partial charge in [-0.15, -0.1) is 0 Å². The topological polar surface area (TPSA) is 71.1 Å². The lowest BCUT2D eigenvalue weighted by atomic mass is 9.98. The number of fused-ring (bicyclic) bond motifs is 1. The third-order valence-corrected chi connectivity index (χ3v) is 4.75. The largest absolute Gasteiger partial charge is 0.326 e. The molecule has 0 saturated heterocycles. The smallest absolute Gasteiger partial charge is 0.226 e. The third-order valence-electron chi connectivity index (χ3n) is 3.82. The van der Waals surface area contributed by atoms with Crippen molar-refractivity contribution in [3.8, 4) is 0 Å². The van der Waals surface area contributed by atoms with Gasteiger partial charge in [0.25, 0.3) is 0 Å². The molecular weight excluding hydrogens is 334 g/mol. The van der Waals surface area contributed by atoms with E-state index in [0.29, 0.717) is 11.6 Å². The molecule has 3 rings (SSSR count). The molecule has 1 heterocycles. The zero-order valence-electron chi connectivity index (χ0n) is 14.1. The Balaban J connectivity index is 1.67. The summed E-state index contributed by atoms with van der Waals surface area (Å²) >= 11 is 1.40. The summed E-state index contributed by atoms with van der Waals surface area (Å²) < 4.78 is 0.914. The molecule has 0 radical (unpaired) electrons. The van der Waals surface area contributed by atoms with E-state index < -0.39 is 0 Å². The Hall–Kier alpha value is -2.73. The average Bonchev–Trinajstić information content (AvgIpc) is 2.96. The molecule has 2 amide bonds. The number of rotatable bonds is 5. The monoisotopic (exact) mass is 353 g/mol. The maximum Gasteiger partial charge on any atom is 0.226 e. The predicted molar refractivity (Wildman–Crippen MR) is 102 cm³/mol. The van der Waals surface area contributed by atoms with Gasteiger partial charge >= 0.3 is 0 Å². The van der Waals surface area contributed by atoms with Crippen LogP contribution in [0.4, 0.5) is 10.8 Å². The Labute approximate surface area is 150 Å². The molecule has 0 saturated carbocycles. The first kappa shape index (κ1) is 17.1. The highest BCUT2D eigenvalue weighted by atomic mass is 32.1. The number of hydrogen-bond acceptors (Lipinski definition) is 4. The van der Waals surface area contributed by atoms with Crippen molar-refractivity contribution in [2.24, 2.45) is 0 Å². The van der Waals surface area contributed by atoms with Gasteiger partial charge < -0.3 is 10.6 Å². The van der Waals surface area contributed by atoms with Crippen molar-refractivity contribution in [3.05, 3.63) is 54.1 Å². The predicted octanol–water partition coefficient (Wildman–Crippen LogP) is 4.39. The van der Waals surface area contributed by atoms with Crippen LogP contribution in [0.15, 0.2) is 48.5 Å².